The number of aromatic nitrogens is 5. The maximum absolute atomic E-state index is 13.6. The van der Waals surface area contributed by atoms with Crippen LogP contribution < -0.4 is 4.74 Å². The Morgan fingerprint density at radius 2 is 1.79 bits per heavy atom. The molecular weight excluding hydrogens is 447 g/mol. The van der Waals surface area contributed by atoms with Crippen LogP contribution in [-0.4, -0.2) is 25.8 Å². The van der Waals surface area contributed by atoms with E-state index in [1.807, 2.05) is 38.1 Å². The molecule has 0 radical (unpaired) electrons. The summed E-state index contributed by atoms with van der Waals surface area (Å²) in [6.07, 6.45) is -2.01. The van der Waals surface area contributed by atoms with Crippen LogP contribution in [0.2, 0.25) is 0 Å². The zero-order valence-corrected chi connectivity index (χ0v) is 19.2. The van der Waals surface area contributed by atoms with Crippen molar-refractivity contribution in [3.8, 4) is 5.75 Å². The van der Waals surface area contributed by atoms with Gasteiger partial charge in [-0.3, -0.25) is 0 Å². The number of halogens is 3. The van der Waals surface area contributed by atoms with E-state index in [2.05, 4.69) is 32.7 Å². The van der Waals surface area contributed by atoms with Gasteiger partial charge < -0.3 is 9.26 Å². The van der Waals surface area contributed by atoms with E-state index >= 15 is 0 Å². The first-order chi connectivity index (χ1) is 16.4. The van der Waals surface area contributed by atoms with E-state index in [4.69, 9.17) is 9.26 Å². The number of alkyl halides is 3. The fourth-order valence-electron chi connectivity index (χ4n) is 4.07. The van der Waals surface area contributed by atoms with E-state index in [1.165, 1.54) is 11.6 Å². The summed E-state index contributed by atoms with van der Waals surface area (Å²) in [6, 6.07) is 9.39. The highest BCUT2D eigenvalue weighted by molar-refractivity contribution is 5.86. The van der Waals surface area contributed by atoms with Crippen molar-refractivity contribution < 1.29 is 22.4 Å². The van der Waals surface area contributed by atoms with Gasteiger partial charge in [-0.15, -0.1) is 5.10 Å². The van der Waals surface area contributed by atoms with Gasteiger partial charge in [0.25, 0.3) is 0 Å². The Balaban J connectivity index is 1.89. The lowest BCUT2D eigenvalue weighted by Crippen LogP contribution is -2.14. The lowest BCUT2D eigenvalue weighted by Gasteiger charge is -2.22. The first-order valence-corrected chi connectivity index (χ1v) is 11.4. The molecule has 2 aromatic heterocycles. The van der Waals surface area contributed by atoms with Crippen LogP contribution in [0.4, 0.5) is 13.2 Å². The van der Waals surface area contributed by atoms with Gasteiger partial charge in [0.1, 0.15) is 5.75 Å². The van der Waals surface area contributed by atoms with Gasteiger partial charge in [0.2, 0.25) is 0 Å². The number of benzene rings is 2. The predicted molar refractivity (Wildman–Crippen MR) is 119 cm³/mol. The number of hydrogen-bond donors (Lipinski definition) is 1. The van der Waals surface area contributed by atoms with Crippen molar-refractivity contribution in [2.45, 2.75) is 65.2 Å². The number of nitrogens with one attached hydrogen (secondary N) is 1. The average Bonchev–Trinajstić information content (AvgIpc) is 3.49. The second-order valence-electron chi connectivity index (χ2n) is 8.13. The second kappa shape index (κ2) is 9.82. The molecule has 7 nitrogen and oxygen atoms in total. The number of rotatable bonds is 9. The maximum Gasteiger partial charge on any atom is 0.437 e. The highest BCUT2D eigenvalue weighted by atomic mass is 19.4. The van der Waals surface area contributed by atoms with Gasteiger partial charge in [0, 0.05) is 11.1 Å². The van der Waals surface area contributed by atoms with Crippen molar-refractivity contribution >= 4 is 11.0 Å². The third-order valence-electron chi connectivity index (χ3n) is 5.71. The summed E-state index contributed by atoms with van der Waals surface area (Å²) in [5, 5.41) is 17.5. The number of aryl methyl sites for hydroxylation is 3. The molecule has 0 saturated carbocycles. The molecule has 0 spiro atoms. The molecule has 1 unspecified atom stereocenters. The molecule has 2 heterocycles. The highest BCUT2D eigenvalue weighted by Gasteiger charge is 2.38. The molecular formula is C24H26F3N5O2. The Hall–Kier alpha value is -3.43. The third kappa shape index (κ3) is 4.62. The molecule has 34 heavy (non-hydrogen) atoms. The van der Waals surface area contributed by atoms with Crippen molar-refractivity contribution in [3.63, 3.8) is 0 Å². The fourth-order valence-corrected chi connectivity index (χ4v) is 4.07. The third-order valence-corrected chi connectivity index (χ3v) is 5.71. The smallest absolute Gasteiger partial charge is 0.437 e. The second-order valence-corrected chi connectivity index (χ2v) is 8.13. The predicted octanol–water partition coefficient (Wildman–Crippen LogP) is 6.00. The molecule has 0 aliphatic rings. The van der Waals surface area contributed by atoms with Gasteiger partial charge in [-0.1, -0.05) is 63.0 Å². The quantitative estimate of drug-likeness (QED) is 0.321. The van der Waals surface area contributed by atoms with Crippen molar-refractivity contribution in [2.24, 2.45) is 0 Å². The van der Waals surface area contributed by atoms with E-state index in [9.17, 15) is 13.2 Å². The molecule has 10 heteroatoms. The molecule has 2 aromatic carbocycles. The number of tetrazole rings is 1. The van der Waals surface area contributed by atoms with Crippen molar-refractivity contribution in [3.05, 3.63) is 64.1 Å². The van der Waals surface area contributed by atoms with E-state index in [0.29, 0.717) is 42.0 Å². The Morgan fingerprint density at radius 1 is 1.06 bits per heavy atom. The van der Waals surface area contributed by atoms with Crippen LogP contribution in [0.1, 0.15) is 73.5 Å². The number of nitrogens with zero attached hydrogens (tertiary/aromatic N) is 4. The van der Waals surface area contributed by atoms with Gasteiger partial charge in [-0.2, -0.15) is 13.2 Å². The topological polar surface area (TPSA) is 89.7 Å². The molecule has 0 aliphatic heterocycles. The van der Waals surface area contributed by atoms with Crippen LogP contribution in [0.25, 0.3) is 11.0 Å². The Morgan fingerprint density at radius 3 is 2.38 bits per heavy atom. The van der Waals surface area contributed by atoms with Crippen LogP contribution in [0, 0.1) is 0 Å². The highest BCUT2D eigenvalue weighted by Crippen LogP contribution is 2.42. The summed E-state index contributed by atoms with van der Waals surface area (Å²) in [4.78, 5) is 0. The van der Waals surface area contributed by atoms with Crippen molar-refractivity contribution in [2.75, 3.05) is 0 Å². The van der Waals surface area contributed by atoms with Gasteiger partial charge >= 0.3 is 6.18 Å². The number of fused-ring (bicyclic) bond motifs is 1. The number of hydrogen-bond acceptors (Lipinski definition) is 6. The SMILES string of the molecule is CCCc1cc2c(C(F)(F)F)noc2c(CCC)c1OC(c1ccc(CC)cc1)c1nnn[nH]1. The standard InChI is InChI=1S/C24H26F3N5O2/c1-4-7-16-13-18-21(34-30-22(18)24(25,26)27)17(8-5-2)19(16)33-20(23-28-31-32-29-23)15-11-9-14(6-3)10-12-15/h9-13,20H,4-8H2,1-3H3,(H,28,29,31,32). The molecule has 1 atom stereocenters. The lowest BCUT2D eigenvalue weighted by molar-refractivity contribution is -0.141. The zero-order valence-electron chi connectivity index (χ0n) is 19.2. The summed E-state index contributed by atoms with van der Waals surface area (Å²) < 4.78 is 52.5. The summed E-state index contributed by atoms with van der Waals surface area (Å²) in [6.45, 7) is 5.98. The van der Waals surface area contributed by atoms with E-state index < -0.39 is 18.0 Å². The Kier molecular flexibility index (Phi) is 6.85. The van der Waals surface area contributed by atoms with Gasteiger partial charge in [0.05, 0.1) is 5.39 Å². The first-order valence-electron chi connectivity index (χ1n) is 11.4. The van der Waals surface area contributed by atoms with Gasteiger partial charge in [-0.05, 0) is 46.9 Å². The normalized spacial score (nSPS) is 12.9. The lowest BCUT2D eigenvalue weighted by atomic mass is 9.97. The number of ether oxygens (including phenoxy) is 1. The number of aromatic amines is 1. The summed E-state index contributed by atoms with van der Waals surface area (Å²) in [7, 11) is 0. The molecule has 4 aromatic rings. The molecule has 0 bridgehead atoms. The largest absolute Gasteiger partial charge is 0.477 e. The van der Waals surface area contributed by atoms with Crippen LogP contribution in [0.15, 0.2) is 34.9 Å². The Labute approximate surface area is 194 Å². The van der Waals surface area contributed by atoms with Crippen LogP contribution >= 0.6 is 0 Å². The molecule has 4 rings (SSSR count). The summed E-state index contributed by atoms with van der Waals surface area (Å²) in [5.74, 6) is 0.879. The molecule has 0 aliphatic carbocycles. The summed E-state index contributed by atoms with van der Waals surface area (Å²) >= 11 is 0. The first kappa shape index (κ1) is 23.7. The van der Waals surface area contributed by atoms with Crippen molar-refractivity contribution in [1.29, 1.82) is 0 Å². The van der Waals surface area contributed by atoms with Crippen molar-refractivity contribution in [1.82, 2.24) is 25.8 Å². The fraction of sp³-hybridized carbons (Fsp3) is 0.417. The average molecular weight is 473 g/mol. The molecule has 1 N–H and O–H groups in total. The maximum atomic E-state index is 13.6. The van der Waals surface area contributed by atoms with Crippen LogP contribution in [0.5, 0.6) is 5.75 Å². The minimum absolute atomic E-state index is 0.0445. The summed E-state index contributed by atoms with van der Waals surface area (Å²) in [5.41, 5.74) is 2.28. The molecule has 0 saturated heterocycles. The van der Waals surface area contributed by atoms with Crippen LogP contribution in [0.3, 0.4) is 0 Å². The zero-order chi connectivity index (χ0) is 24.3. The minimum atomic E-state index is -4.62. The van der Waals surface area contributed by atoms with E-state index in [0.717, 1.165) is 18.4 Å². The van der Waals surface area contributed by atoms with E-state index in [-0.39, 0.29) is 11.0 Å². The molecule has 0 fully saturated rings. The minimum Gasteiger partial charge on any atom is -0.477 e. The van der Waals surface area contributed by atoms with Crippen LogP contribution in [-0.2, 0) is 25.4 Å². The Bertz CT molecular complexity index is 1230. The monoisotopic (exact) mass is 473 g/mol. The number of H-pyrrole nitrogens is 1. The van der Waals surface area contributed by atoms with Gasteiger partial charge in [0.15, 0.2) is 23.2 Å². The molecule has 180 valence electrons. The van der Waals surface area contributed by atoms with Gasteiger partial charge in [-0.25, -0.2) is 5.10 Å². The van der Waals surface area contributed by atoms with E-state index in [1.54, 1.807) is 0 Å². The molecule has 0 amide bonds.